The molecule has 0 aromatic rings. The Bertz CT molecular complexity index is 225. The molecule has 0 aromatic heterocycles. The molecule has 1 fully saturated rings. The SMILES string of the molecule is CCC1CN(C(COC)C(=O)NN)CCO1. The van der Waals surface area contributed by atoms with Gasteiger partial charge < -0.3 is 9.47 Å². The van der Waals surface area contributed by atoms with E-state index in [1.807, 2.05) is 0 Å². The number of morpholine rings is 1. The zero-order chi connectivity index (χ0) is 12.0. The minimum Gasteiger partial charge on any atom is -0.383 e. The van der Waals surface area contributed by atoms with Gasteiger partial charge in [0.2, 0.25) is 0 Å². The molecule has 1 amide bonds. The number of carbonyl (C=O) groups excluding carboxylic acids is 1. The number of hydrogen-bond donors (Lipinski definition) is 2. The van der Waals surface area contributed by atoms with Crippen LogP contribution in [0.3, 0.4) is 0 Å². The van der Waals surface area contributed by atoms with Crippen LogP contribution >= 0.6 is 0 Å². The molecule has 2 atom stereocenters. The van der Waals surface area contributed by atoms with Crippen molar-refractivity contribution in [2.75, 3.05) is 33.4 Å². The molecule has 0 aliphatic carbocycles. The van der Waals surface area contributed by atoms with E-state index in [4.69, 9.17) is 15.3 Å². The highest BCUT2D eigenvalue weighted by Crippen LogP contribution is 2.11. The van der Waals surface area contributed by atoms with Gasteiger partial charge in [-0.25, -0.2) is 5.84 Å². The number of rotatable bonds is 5. The Morgan fingerprint density at radius 3 is 3.06 bits per heavy atom. The molecule has 0 saturated carbocycles. The minimum atomic E-state index is -0.326. The first kappa shape index (κ1) is 13.4. The maximum absolute atomic E-state index is 11.6. The fraction of sp³-hybridized carbons (Fsp3) is 0.900. The Labute approximate surface area is 96.0 Å². The lowest BCUT2D eigenvalue weighted by molar-refractivity contribution is -0.132. The maximum Gasteiger partial charge on any atom is 0.253 e. The van der Waals surface area contributed by atoms with E-state index in [-0.39, 0.29) is 18.1 Å². The second-order valence-electron chi connectivity index (χ2n) is 3.88. The monoisotopic (exact) mass is 231 g/mol. The molecule has 1 rings (SSSR count). The second-order valence-corrected chi connectivity index (χ2v) is 3.88. The molecule has 0 spiro atoms. The summed E-state index contributed by atoms with van der Waals surface area (Å²) in [5.74, 6) is 4.95. The van der Waals surface area contributed by atoms with E-state index in [0.29, 0.717) is 13.2 Å². The smallest absolute Gasteiger partial charge is 0.253 e. The van der Waals surface area contributed by atoms with Crippen molar-refractivity contribution in [2.24, 2.45) is 5.84 Å². The molecule has 16 heavy (non-hydrogen) atoms. The minimum absolute atomic E-state index is 0.193. The fourth-order valence-electron chi connectivity index (χ4n) is 1.87. The first-order valence-electron chi connectivity index (χ1n) is 5.58. The highest BCUT2D eigenvalue weighted by molar-refractivity contribution is 5.81. The van der Waals surface area contributed by atoms with Gasteiger partial charge in [-0.3, -0.25) is 15.1 Å². The van der Waals surface area contributed by atoms with E-state index in [9.17, 15) is 4.79 Å². The van der Waals surface area contributed by atoms with E-state index < -0.39 is 0 Å². The van der Waals surface area contributed by atoms with Gasteiger partial charge in [-0.2, -0.15) is 0 Å². The molecule has 1 aliphatic heterocycles. The van der Waals surface area contributed by atoms with Gasteiger partial charge >= 0.3 is 0 Å². The number of ether oxygens (including phenoxy) is 2. The van der Waals surface area contributed by atoms with Crippen LogP contribution in [0.5, 0.6) is 0 Å². The highest BCUT2D eigenvalue weighted by Gasteiger charge is 2.29. The van der Waals surface area contributed by atoms with Crippen LogP contribution in [0.1, 0.15) is 13.3 Å². The van der Waals surface area contributed by atoms with E-state index in [1.165, 1.54) is 0 Å². The number of nitrogens with two attached hydrogens (primary N) is 1. The van der Waals surface area contributed by atoms with Crippen LogP contribution in [-0.2, 0) is 14.3 Å². The molecule has 3 N–H and O–H groups in total. The summed E-state index contributed by atoms with van der Waals surface area (Å²) in [6, 6.07) is -0.326. The van der Waals surface area contributed by atoms with Gasteiger partial charge in [0.1, 0.15) is 6.04 Å². The Morgan fingerprint density at radius 2 is 2.50 bits per heavy atom. The normalized spacial score (nSPS) is 24.1. The molecular formula is C10H21N3O3. The Morgan fingerprint density at radius 1 is 1.75 bits per heavy atom. The Kier molecular flexibility index (Phi) is 5.68. The summed E-state index contributed by atoms with van der Waals surface area (Å²) < 4.78 is 10.6. The third kappa shape index (κ3) is 3.41. The van der Waals surface area contributed by atoms with Crippen LogP contribution in [0.4, 0.5) is 0 Å². The van der Waals surface area contributed by atoms with Crippen molar-refractivity contribution < 1.29 is 14.3 Å². The molecule has 2 unspecified atom stereocenters. The highest BCUT2D eigenvalue weighted by atomic mass is 16.5. The fourth-order valence-corrected chi connectivity index (χ4v) is 1.87. The zero-order valence-corrected chi connectivity index (χ0v) is 9.94. The Balaban J connectivity index is 2.58. The van der Waals surface area contributed by atoms with Crippen molar-refractivity contribution in [2.45, 2.75) is 25.5 Å². The lowest BCUT2D eigenvalue weighted by atomic mass is 10.1. The molecule has 0 bridgehead atoms. The number of nitrogens with one attached hydrogen (secondary N) is 1. The van der Waals surface area contributed by atoms with Crippen LogP contribution < -0.4 is 11.3 Å². The average molecular weight is 231 g/mol. The van der Waals surface area contributed by atoms with Gasteiger partial charge in [0.25, 0.3) is 5.91 Å². The van der Waals surface area contributed by atoms with Crippen LogP contribution in [0, 0.1) is 0 Å². The van der Waals surface area contributed by atoms with E-state index in [1.54, 1.807) is 7.11 Å². The molecule has 6 heteroatoms. The van der Waals surface area contributed by atoms with Crippen molar-refractivity contribution in [1.29, 1.82) is 0 Å². The standard InChI is InChI=1S/C10H21N3O3/c1-3-8-6-13(4-5-16-8)9(7-15-2)10(14)12-11/h8-9H,3-7,11H2,1-2H3,(H,12,14). The molecule has 0 aromatic carbocycles. The van der Waals surface area contributed by atoms with Gasteiger partial charge in [0.15, 0.2) is 0 Å². The molecular weight excluding hydrogens is 210 g/mol. The quantitative estimate of drug-likeness (QED) is 0.364. The number of methoxy groups -OCH3 is 1. The lowest BCUT2D eigenvalue weighted by Crippen LogP contribution is -2.56. The largest absolute Gasteiger partial charge is 0.383 e. The van der Waals surface area contributed by atoms with E-state index in [2.05, 4.69) is 17.2 Å². The van der Waals surface area contributed by atoms with Crippen molar-refractivity contribution >= 4 is 5.91 Å². The third-order valence-electron chi connectivity index (χ3n) is 2.84. The average Bonchev–Trinajstić information content (AvgIpc) is 2.35. The first-order valence-corrected chi connectivity index (χ1v) is 5.58. The first-order chi connectivity index (χ1) is 7.72. The number of amides is 1. The van der Waals surface area contributed by atoms with Gasteiger partial charge in [0, 0.05) is 20.2 Å². The van der Waals surface area contributed by atoms with Crippen LogP contribution in [0.2, 0.25) is 0 Å². The van der Waals surface area contributed by atoms with Crippen molar-refractivity contribution in [1.82, 2.24) is 10.3 Å². The van der Waals surface area contributed by atoms with Crippen LogP contribution in [-0.4, -0.2) is 56.4 Å². The predicted molar refractivity (Wildman–Crippen MR) is 59.6 cm³/mol. The van der Waals surface area contributed by atoms with Crippen LogP contribution in [0.25, 0.3) is 0 Å². The molecule has 94 valence electrons. The van der Waals surface area contributed by atoms with Crippen molar-refractivity contribution in [3.05, 3.63) is 0 Å². The molecule has 1 saturated heterocycles. The number of nitrogens with zero attached hydrogens (tertiary/aromatic N) is 1. The third-order valence-corrected chi connectivity index (χ3v) is 2.84. The van der Waals surface area contributed by atoms with Crippen LogP contribution in [0.15, 0.2) is 0 Å². The van der Waals surface area contributed by atoms with E-state index >= 15 is 0 Å². The molecule has 6 nitrogen and oxygen atoms in total. The summed E-state index contributed by atoms with van der Waals surface area (Å²) in [7, 11) is 1.58. The zero-order valence-electron chi connectivity index (χ0n) is 9.94. The topological polar surface area (TPSA) is 76.8 Å². The lowest BCUT2D eigenvalue weighted by Gasteiger charge is -2.36. The van der Waals surface area contributed by atoms with Gasteiger partial charge in [0.05, 0.1) is 19.3 Å². The van der Waals surface area contributed by atoms with Gasteiger partial charge in [-0.1, -0.05) is 6.92 Å². The van der Waals surface area contributed by atoms with Crippen molar-refractivity contribution in [3.63, 3.8) is 0 Å². The second kappa shape index (κ2) is 6.80. The van der Waals surface area contributed by atoms with Gasteiger partial charge in [-0.15, -0.1) is 0 Å². The summed E-state index contributed by atoms with van der Waals surface area (Å²) in [4.78, 5) is 13.7. The Hall–Kier alpha value is -0.690. The summed E-state index contributed by atoms with van der Waals surface area (Å²) in [6.45, 7) is 4.55. The number of carbonyl (C=O) groups is 1. The summed E-state index contributed by atoms with van der Waals surface area (Å²) in [5.41, 5.74) is 2.18. The molecule has 0 radical (unpaired) electrons. The maximum atomic E-state index is 11.6. The summed E-state index contributed by atoms with van der Waals surface area (Å²) in [5, 5.41) is 0. The number of hydrazine groups is 1. The van der Waals surface area contributed by atoms with Crippen molar-refractivity contribution in [3.8, 4) is 0 Å². The summed E-state index contributed by atoms with van der Waals surface area (Å²) >= 11 is 0. The molecule has 1 heterocycles. The number of hydrogen-bond acceptors (Lipinski definition) is 5. The predicted octanol–water partition coefficient (Wildman–Crippen LogP) is -0.898. The van der Waals surface area contributed by atoms with E-state index in [0.717, 1.165) is 19.5 Å². The van der Waals surface area contributed by atoms with Gasteiger partial charge in [-0.05, 0) is 6.42 Å². The summed E-state index contributed by atoms with van der Waals surface area (Å²) in [6.07, 6.45) is 1.14. The molecule has 1 aliphatic rings.